The predicted octanol–water partition coefficient (Wildman–Crippen LogP) is 3.68. The van der Waals surface area contributed by atoms with Crippen molar-refractivity contribution in [2.75, 3.05) is 19.5 Å². The van der Waals surface area contributed by atoms with E-state index in [2.05, 4.69) is 31.2 Å². The first-order chi connectivity index (χ1) is 16.8. The molecule has 8 heteroatoms. The Labute approximate surface area is 214 Å². The van der Waals surface area contributed by atoms with Crippen molar-refractivity contribution in [2.24, 2.45) is 5.92 Å². The first kappa shape index (κ1) is 24.4. The molecule has 7 atom stereocenters. The van der Waals surface area contributed by atoms with Gasteiger partial charge in [-0.3, -0.25) is 0 Å². The number of benzene rings is 1. The van der Waals surface area contributed by atoms with Crippen LogP contribution in [0.15, 0.2) is 30.3 Å². The van der Waals surface area contributed by atoms with E-state index in [1.807, 2.05) is 23.7 Å². The van der Waals surface area contributed by atoms with Gasteiger partial charge in [0.1, 0.15) is 29.9 Å². The summed E-state index contributed by atoms with van der Waals surface area (Å²) in [6.45, 7) is 3.55. The highest BCUT2D eigenvalue weighted by atomic mass is 32.2. The minimum atomic E-state index is -1.24. The molecule has 0 bridgehead atoms. The number of aliphatic hydroxyl groups is 3. The summed E-state index contributed by atoms with van der Waals surface area (Å²) in [6.07, 6.45) is 2.81. The monoisotopic (exact) mass is 518 g/mol. The molecule has 2 saturated heterocycles. The highest BCUT2D eigenvalue weighted by Crippen LogP contribution is 2.66. The van der Waals surface area contributed by atoms with E-state index in [9.17, 15) is 15.3 Å². The Hall–Kier alpha value is -0.970. The lowest BCUT2D eigenvalue weighted by molar-refractivity contribution is -0.200. The number of thioether (sulfide) groups is 1. The van der Waals surface area contributed by atoms with E-state index in [4.69, 9.17) is 14.2 Å². The topological polar surface area (TPSA) is 88.4 Å². The second-order valence-corrected chi connectivity index (χ2v) is 12.7. The van der Waals surface area contributed by atoms with Crippen LogP contribution in [-0.2, 0) is 26.0 Å². The molecule has 1 spiro atoms. The zero-order chi connectivity index (χ0) is 24.4. The van der Waals surface area contributed by atoms with Crippen LogP contribution in [0.3, 0.4) is 0 Å². The molecule has 0 unspecified atom stereocenters. The van der Waals surface area contributed by atoms with Crippen molar-refractivity contribution >= 4 is 23.1 Å². The summed E-state index contributed by atoms with van der Waals surface area (Å²) in [4.78, 5) is 2.82. The van der Waals surface area contributed by atoms with Gasteiger partial charge in [-0.2, -0.15) is 0 Å². The third kappa shape index (κ3) is 4.20. The van der Waals surface area contributed by atoms with E-state index in [1.165, 1.54) is 39.1 Å². The van der Waals surface area contributed by atoms with Gasteiger partial charge in [0.15, 0.2) is 5.79 Å². The number of fused-ring (bicyclic) bond motifs is 1. The molecule has 1 aromatic carbocycles. The Morgan fingerprint density at radius 1 is 1.00 bits per heavy atom. The number of rotatable bonds is 5. The van der Waals surface area contributed by atoms with Crippen LogP contribution in [-0.4, -0.2) is 64.3 Å². The second-order valence-electron chi connectivity index (χ2n) is 10.6. The van der Waals surface area contributed by atoms with E-state index in [0.717, 1.165) is 44.5 Å². The van der Waals surface area contributed by atoms with Crippen molar-refractivity contribution in [1.82, 2.24) is 0 Å². The molecule has 4 fully saturated rings. The number of hydrogen-bond donors (Lipinski definition) is 3. The van der Waals surface area contributed by atoms with Gasteiger partial charge in [0.05, 0.1) is 13.2 Å². The molecule has 2 aliphatic carbocycles. The Morgan fingerprint density at radius 3 is 2.54 bits per heavy atom. The Balaban J connectivity index is 1.18. The molecule has 6 rings (SSSR count). The van der Waals surface area contributed by atoms with E-state index in [0.29, 0.717) is 11.3 Å². The molecular weight excluding hydrogens is 484 g/mol. The van der Waals surface area contributed by atoms with Crippen LogP contribution in [0.5, 0.6) is 0 Å². The summed E-state index contributed by atoms with van der Waals surface area (Å²) in [6, 6.07) is 10.7. The number of aryl methyl sites for hydroxylation is 1. The van der Waals surface area contributed by atoms with Crippen molar-refractivity contribution in [3.8, 4) is 0 Å². The van der Waals surface area contributed by atoms with Crippen molar-refractivity contribution in [3.05, 3.63) is 56.8 Å². The predicted molar refractivity (Wildman–Crippen MR) is 136 cm³/mol. The fourth-order valence-electron chi connectivity index (χ4n) is 6.34. The molecule has 0 amide bonds. The van der Waals surface area contributed by atoms with Gasteiger partial charge in [-0.1, -0.05) is 18.2 Å². The number of thiophene rings is 1. The lowest BCUT2D eigenvalue weighted by Crippen LogP contribution is -2.52. The molecule has 2 aliphatic heterocycles. The van der Waals surface area contributed by atoms with Crippen LogP contribution in [0.2, 0.25) is 0 Å². The van der Waals surface area contributed by atoms with Crippen molar-refractivity contribution < 1.29 is 29.5 Å². The van der Waals surface area contributed by atoms with Gasteiger partial charge in [0, 0.05) is 34.4 Å². The zero-order valence-corrected chi connectivity index (χ0v) is 21.8. The summed E-state index contributed by atoms with van der Waals surface area (Å²) < 4.78 is 17.9. The average molecular weight is 519 g/mol. The lowest BCUT2D eigenvalue weighted by Gasteiger charge is -2.40. The summed E-state index contributed by atoms with van der Waals surface area (Å²) in [5, 5.41) is 31.2. The van der Waals surface area contributed by atoms with Gasteiger partial charge < -0.3 is 29.5 Å². The minimum absolute atomic E-state index is 0.310. The Morgan fingerprint density at radius 2 is 1.80 bits per heavy atom. The standard InChI is InChI=1S/C27H34O6S2/c1-15-3-4-16(24-22(29)21(28)23(30)25(33-24)34-2)11-17(15)12-19-5-6-20(35-19)26-7-8-27(14-18(26)13-26)31-9-10-32-27/h3-6,11,18,21-25,28-30H,7-10,12-14H2,1-2H3/t18-,21+,22+,23-,24-,25+,26+/m0/s1. The molecule has 2 aromatic rings. The highest BCUT2D eigenvalue weighted by molar-refractivity contribution is 7.99. The van der Waals surface area contributed by atoms with Crippen molar-refractivity contribution in [1.29, 1.82) is 0 Å². The van der Waals surface area contributed by atoms with Crippen molar-refractivity contribution in [3.63, 3.8) is 0 Å². The molecule has 3 N–H and O–H groups in total. The third-order valence-corrected chi connectivity index (χ3v) is 10.7. The Kier molecular flexibility index (Phi) is 6.34. The molecule has 35 heavy (non-hydrogen) atoms. The zero-order valence-electron chi connectivity index (χ0n) is 20.2. The van der Waals surface area contributed by atoms with Crippen LogP contribution < -0.4 is 0 Å². The third-order valence-electron chi connectivity index (χ3n) is 8.58. The van der Waals surface area contributed by atoms with Gasteiger partial charge in [0.2, 0.25) is 0 Å². The SMILES string of the molecule is CS[C@H]1O[C@@H](c2ccc(C)c(Cc3ccc([C@@]45CCC6(C[C@@H]4C5)OCCO6)s3)c2)[C@H](O)[C@@H](O)[C@@H]1O. The van der Waals surface area contributed by atoms with Crippen molar-refractivity contribution in [2.45, 2.75) is 80.1 Å². The molecule has 190 valence electrons. The van der Waals surface area contributed by atoms with Crippen LogP contribution in [0.4, 0.5) is 0 Å². The Bertz CT molecular complexity index is 1080. The van der Waals surface area contributed by atoms with E-state index < -0.39 is 29.9 Å². The first-order valence-electron chi connectivity index (χ1n) is 12.5. The maximum absolute atomic E-state index is 10.6. The van der Waals surface area contributed by atoms with E-state index in [-0.39, 0.29) is 5.79 Å². The van der Waals surface area contributed by atoms with E-state index >= 15 is 0 Å². The quantitative estimate of drug-likeness (QED) is 0.557. The fraction of sp³-hybridized carbons (Fsp3) is 0.630. The summed E-state index contributed by atoms with van der Waals surface area (Å²) in [7, 11) is 0. The van der Waals surface area contributed by atoms with Gasteiger partial charge in [0.25, 0.3) is 0 Å². The fourth-order valence-corrected chi connectivity index (χ4v) is 8.34. The van der Waals surface area contributed by atoms with Crippen LogP contribution in [0.25, 0.3) is 0 Å². The molecule has 0 radical (unpaired) electrons. The molecule has 4 aliphatic rings. The molecular formula is C27H34O6S2. The molecule has 6 nitrogen and oxygen atoms in total. The largest absolute Gasteiger partial charge is 0.387 e. The summed E-state index contributed by atoms with van der Waals surface area (Å²) >= 11 is 3.26. The van der Waals surface area contributed by atoms with Gasteiger partial charge in [-0.25, -0.2) is 0 Å². The number of hydrogen-bond acceptors (Lipinski definition) is 8. The molecule has 2 saturated carbocycles. The number of ether oxygens (including phenoxy) is 3. The van der Waals surface area contributed by atoms with Crippen LogP contribution in [0, 0.1) is 12.8 Å². The van der Waals surface area contributed by atoms with E-state index in [1.54, 1.807) is 0 Å². The smallest absolute Gasteiger partial charge is 0.168 e. The average Bonchev–Trinajstić information content (AvgIpc) is 3.15. The maximum Gasteiger partial charge on any atom is 0.168 e. The molecule has 1 aromatic heterocycles. The van der Waals surface area contributed by atoms with Crippen LogP contribution >= 0.6 is 23.1 Å². The van der Waals surface area contributed by atoms with Crippen LogP contribution in [0.1, 0.15) is 58.2 Å². The minimum Gasteiger partial charge on any atom is -0.387 e. The maximum atomic E-state index is 10.6. The number of aliphatic hydroxyl groups excluding tert-OH is 3. The van der Waals surface area contributed by atoms with Gasteiger partial charge in [-0.15, -0.1) is 23.1 Å². The van der Waals surface area contributed by atoms with Gasteiger partial charge >= 0.3 is 0 Å². The molecule has 3 heterocycles. The summed E-state index contributed by atoms with van der Waals surface area (Å²) in [5.41, 5.74) is 2.93. The lowest BCUT2D eigenvalue weighted by atomic mass is 9.83. The second kappa shape index (κ2) is 9.10. The van der Waals surface area contributed by atoms with Gasteiger partial charge in [-0.05, 0) is 60.8 Å². The normalized spacial score (nSPS) is 38.0. The first-order valence-corrected chi connectivity index (χ1v) is 14.6. The summed E-state index contributed by atoms with van der Waals surface area (Å²) in [5.74, 6) is 0.342. The highest BCUT2D eigenvalue weighted by Gasteiger charge is 2.63.